The Hall–Kier alpha value is -3.40. The number of nitrogens with zero attached hydrogens (tertiary/aromatic N) is 1. The molecule has 1 aromatic heterocycles. The van der Waals surface area contributed by atoms with E-state index in [1.165, 1.54) is 11.1 Å². The van der Waals surface area contributed by atoms with Crippen molar-refractivity contribution < 1.29 is 34.5 Å². The molecule has 5 N–H and O–H groups in total. The number of rotatable bonds is 8. The van der Waals surface area contributed by atoms with Crippen LogP contribution >= 0.6 is 0 Å². The first-order valence-electron chi connectivity index (χ1n) is 9.12. The molecule has 10 nitrogen and oxygen atoms in total. The van der Waals surface area contributed by atoms with Gasteiger partial charge in [-0.1, -0.05) is 0 Å². The summed E-state index contributed by atoms with van der Waals surface area (Å²) in [6.07, 6.45) is 2.03. The van der Waals surface area contributed by atoms with E-state index in [-0.39, 0.29) is 12.8 Å². The van der Waals surface area contributed by atoms with Crippen LogP contribution in [0.4, 0.5) is 5.69 Å². The lowest BCUT2D eigenvalue weighted by atomic mass is 10.0. The summed E-state index contributed by atoms with van der Waals surface area (Å²) in [5.74, 6) is -3.76. The fourth-order valence-electron chi connectivity index (χ4n) is 3.71. The molecule has 0 spiro atoms. The maximum atomic E-state index is 12.0. The summed E-state index contributed by atoms with van der Waals surface area (Å²) in [5, 5.41) is 31.1. The number of carboxylic acid groups (broad SMARTS) is 3. The molecule has 2 atom stereocenters. The van der Waals surface area contributed by atoms with E-state index in [0.29, 0.717) is 41.5 Å². The van der Waals surface area contributed by atoms with Crippen molar-refractivity contribution in [3.05, 3.63) is 30.0 Å². The van der Waals surface area contributed by atoms with Crippen LogP contribution in [-0.2, 0) is 19.2 Å². The normalized spacial score (nSPS) is 17.9. The molecular formula is C19H21N3O7. The van der Waals surface area contributed by atoms with Crippen LogP contribution in [0.1, 0.15) is 37.3 Å². The van der Waals surface area contributed by atoms with Crippen molar-refractivity contribution in [2.24, 2.45) is 0 Å². The van der Waals surface area contributed by atoms with Crippen molar-refractivity contribution in [2.75, 3.05) is 11.9 Å². The second-order valence-electron chi connectivity index (χ2n) is 6.92. The van der Waals surface area contributed by atoms with Gasteiger partial charge in [0.05, 0.1) is 6.42 Å². The average Bonchev–Trinajstić information content (AvgIpc) is 3.28. The molecule has 1 aliphatic heterocycles. The number of fused-ring (bicyclic) bond motifs is 1. The number of aliphatic carboxylic acids is 3. The monoisotopic (exact) mass is 403 g/mol. The SMILES string of the molecule is O=C(O)CCC(=O)Nc1ccc2[nH]cc(C(C(=O)O)N3CCCC3C(=O)O)c2c1. The Morgan fingerprint density at radius 3 is 2.59 bits per heavy atom. The molecule has 1 aromatic carbocycles. The first kappa shape index (κ1) is 20.3. The van der Waals surface area contributed by atoms with E-state index in [2.05, 4.69) is 10.3 Å². The summed E-state index contributed by atoms with van der Waals surface area (Å²) in [6.45, 7) is 0.353. The summed E-state index contributed by atoms with van der Waals surface area (Å²) in [5.41, 5.74) is 1.44. The number of carbonyl (C=O) groups excluding carboxylic acids is 1. The quantitative estimate of drug-likeness (QED) is 0.445. The molecule has 0 saturated carbocycles. The molecule has 154 valence electrons. The largest absolute Gasteiger partial charge is 0.481 e. The van der Waals surface area contributed by atoms with E-state index in [1.54, 1.807) is 18.2 Å². The van der Waals surface area contributed by atoms with E-state index >= 15 is 0 Å². The standard InChI is InChI=1S/C19H21N3O7/c23-15(5-6-16(24)25)21-10-3-4-13-11(8-10)12(9-20-13)17(19(28)29)22-7-1-2-14(22)18(26)27/h3-4,8-9,14,17,20H,1-2,5-7H2,(H,21,23)(H,24,25)(H,26,27)(H,28,29). The van der Waals surface area contributed by atoms with Gasteiger partial charge >= 0.3 is 17.9 Å². The molecule has 29 heavy (non-hydrogen) atoms. The Morgan fingerprint density at radius 1 is 1.17 bits per heavy atom. The molecule has 1 fully saturated rings. The second kappa shape index (κ2) is 8.31. The lowest BCUT2D eigenvalue weighted by Gasteiger charge is -2.27. The minimum absolute atomic E-state index is 0.181. The van der Waals surface area contributed by atoms with Crippen LogP contribution in [-0.4, -0.2) is 61.6 Å². The third kappa shape index (κ3) is 4.37. The number of H-pyrrole nitrogens is 1. The van der Waals surface area contributed by atoms with Crippen molar-refractivity contribution >= 4 is 40.4 Å². The Labute approximate surface area is 165 Å². The van der Waals surface area contributed by atoms with E-state index in [0.717, 1.165) is 0 Å². The van der Waals surface area contributed by atoms with Crippen LogP contribution in [0.15, 0.2) is 24.4 Å². The van der Waals surface area contributed by atoms with Gasteiger partial charge in [0.15, 0.2) is 0 Å². The number of hydrogen-bond acceptors (Lipinski definition) is 5. The van der Waals surface area contributed by atoms with Gasteiger partial charge in [-0.2, -0.15) is 0 Å². The highest BCUT2D eigenvalue weighted by Crippen LogP contribution is 2.35. The number of anilines is 1. The van der Waals surface area contributed by atoms with Gasteiger partial charge in [0, 0.05) is 41.3 Å². The zero-order valence-corrected chi connectivity index (χ0v) is 15.4. The molecule has 2 heterocycles. The van der Waals surface area contributed by atoms with Gasteiger partial charge in [0.25, 0.3) is 0 Å². The molecular weight excluding hydrogens is 382 g/mol. The van der Waals surface area contributed by atoms with Crippen LogP contribution in [0.25, 0.3) is 10.9 Å². The number of amides is 1. The first-order chi connectivity index (χ1) is 13.8. The number of carboxylic acids is 3. The van der Waals surface area contributed by atoms with Crippen molar-refractivity contribution in [1.82, 2.24) is 9.88 Å². The third-order valence-electron chi connectivity index (χ3n) is 5.00. The highest BCUT2D eigenvalue weighted by molar-refractivity contribution is 5.97. The molecule has 1 amide bonds. The van der Waals surface area contributed by atoms with Crippen molar-refractivity contribution in [3.8, 4) is 0 Å². The maximum absolute atomic E-state index is 12.0. The summed E-state index contributed by atoms with van der Waals surface area (Å²) >= 11 is 0. The van der Waals surface area contributed by atoms with Gasteiger partial charge in [-0.3, -0.25) is 24.1 Å². The second-order valence-corrected chi connectivity index (χ2v) is 6.92. The van der Waals surface area contributed by atoms with Gasteiger partial charge in [0.2, 0.25) is 5.91 Å². The Morgan fingerprint density at radius 2 is 1.93 bits per heavy atom. The fourth-order valence-corrected chi connectivity index (χ4v) is 3.71. The molecule has 10 heteroatoms. The summed E-state index contributed by atoms with van der Waals surface area (Å²) in [6, 6.07) is 2.86. The van der Waals surface area contributed by atoms with Gasteiger partial charge < -0.3 is 25.6 Å². The number of carbonyl (C=O) groups is 4. The van der Waals surface area contributed by atoms with Crippen molar-refractivity contribution in [3.63, 3.8) is 0 Å². The molecule has 1 aliphatic rings. The number of hydrogen-bond donors (Lipinski definition) is 5. The van der Waals surface area contributed by atoms with Gasteiger partial charge in [0.1, 0.15) is 12.1 Å². The van der Waals surface area contributed by atoms with Crippen molar-refractivity contribution in [2.45, 2.75) is 37.8 Å². The van der Waals surface area contributed by atoms with Gasteiger partial charge in [-0.25, -0.2) is 0 Å². The van der Waals surface area contributed by atoms with Gasteiger partial charge in [-0.05, 0) is 31.0 Å². The first-order valence-corrected chi connectivity index (χ1v) is 9.12. The van der Waals surface area contributed by atoms with E-state index in [9.17, 15) is 29.4 Å². The topological polar surface area (TPSA) is 160 Å². The number of likely N-dealkylation sites (tertiary alicyclic amines) is 1. The third-order valence-corrected chi connectivity index (χ3v) is 5.00. The number of nitrogens with one attached hydrogen (secondary N) is 2. The predicted octanol–water partition coefficient (Wildman–Crippen LogP) is 1.65. The number of aromatic amines is 1. The maximum Gasteiger partial charge on any atom is 0.325 e. The smallest absolute Gasteiger partial charge is 0.325 e. The summed E-state index contributed by atoms with van der Waals surface area (Å²) in [7, 11) is 0. The van der Waals surface area contributed by atoms with Gasteiger partial charge in [-0.15, -0.1) is 0 Å². The number of aromatic nitrogens is 1. The van der Waals surface area contributed by atoms with Crippen LogP contribution in [0.5, 0.6) is 0 Å². The lowest BCUT2D eigenvalue weighted by Crippen LogP contribution is -2.41. The zero-order valence-electron chi connectivity index (χ0n) is 15.4. The highest BCUT2D eigenvalue weighted by Gasteiger charge is 2.40. The fraction of sp³-hybridized carbons (Fsp3) is 0.368. The molecule has 0 bridgehead atoms. The molecule has 2 unspecified atom stereocenters. The van der Waals surface area contributed by atoms with E-state index in [4.69, 9.17) is 5.11 Å². The van der Waals surface area contributed by atoms with Crippen LogP contribution in [0.2, 0.25) is 0 Å². The molecule has 3 rings (SSSR count). The molecule has 1 saturated heterocycles. The zero-order chi connectivity index (χ0) is 21.1. The minimum atomic E-state index is -1.16. The molecule has 2 aromatic rings. The lowest BCUT2D eigenvalue weighted by molar-refractivity contribution is -0.149. The minimum Gasteiger partial charge on any atom is -0.481 e. The van der Waals surface area contributed by atoms with Crippen LogP contribution in [0, 0.1) is 0 Å². The molecule has 0 radical (unpaired) electrons. The summed E-state index contributed by atoms with van der Waals surface area (Å²) < 4.78 is 0. The molecule has 0 aliphatic carbocycles. The predicted molar refractivity (Wildman–Crippen MR) is 102 cm³/mol. The van der Waals surface area contributed by atoms with E-state index < -0.39 is 35.9 Å². The number of benzene rings is 1. The highest BCUT2D eigenvalue weighted by atomic mass is 16.4. The average molecular weight is 403 g/mol. The van der Waals surface area contributed by atoms with Crippen LogP contribution < -0.4 is 5.32 Å². The Bertz CT molecular complexity index is 968. The van der Waals surface area contributed by atoms with Crippen LogP contribution in [0.3, 0.4) is 0 Å². The van der Waals surface area contributed by atoms with Crippen molar-refractivity contribution in [1.29, 1.82) is 0 Å². The summed E-state index contributed by atoms with van der Waals surface area (Å²) in [4.78, 5) is 50.5. The van der Waals surface area contributed by atoms with E-state index in [1.807, 2.05) is 0 Å². The Kier molecular flexibility index (Phi) is 5.83. The Balaban J connectivity index is 1.91.